The molecular formula is C11H11NO2S2. The zero-order chi connectivity index (χ0) is 11.5. The van der Waals surface area contributed by atoms with E-state index in [0.717, 1.165) is 16.3 Å². The highest BCUT2D eigenvalue weighted by molar-refractivity contribution is 7.12. The fourth-order valence-corrected chi connectivity index (χ4v) is 3.12. The first-order valence-corrected chi connectivity index (χ1v) is 6.47. The van der Waals surface area contributed by atoms with Crippen LogP contribution in [0, 0.1) is 6.92 Å². The predicted molar refractivity (Wildman–Crippen MR) is 65.3 cm³/mol. The fraction of sp³-hybridized carbons (Fsp3) is 0.273. The number of thiazole rings is 1. The van der Waals surface area contributed by atoms with Gasteiger partial charge in [0.2, 0.25) is 0 Å². The van der Waals surface area contributed by atoms with Crippen LogP contribution < -0.4 is 0 Å². The summed E-state index contributed by atoms with van der Waals surface area (Å²) in [6.07, 6.45) is 0.792. The number of ether oxygens (including phenoxy) is 1. The van der Waals surface area contributed by atoms with Crippen LogP contribution in [0.4, 0.5) is 0 Å². The molecule has 0 saturated heterocycles. The van der Waals surface area contributed by atoms with E-state index in [2.05, 4.69) is 15.8 Å². The van der Waals surface area contributed by atoms with E-state index in [1.54, 1.807) is 22.7 Å². The number of hydrogen-bond donors (Lipinski definition) is 0. The van der Waals surface area contributed by atoms with Gasteiger partial charge in [-0.2, -0.15) is 0 Å². The van der Waals surface area contributed by atoms with Gasteiger partial charge in [-0.3, -0.25) is 0 Å². The predicted octanol–water partition coefficient (Wildman–Crippen LogP) is 2.89. The highest BCUT2D eigenvalue weighted by Gasteiger charge is 2.15. The van der Waals surface area contributed by atoms with Gasteiger partial charge in [-0.15, -0.1) is 22.7 Å². The van der Waals surface area contributed by atoms with Gasteiger partial charge in [0.05, 0.1) is 12.1 Å². The maximum atomic E-state index is 11.4. The monoisotopic (exact) mass is 253 g/mol. The molecule has 0 aliphatic heterocycles. The SMILES string of the molecule is COC(=O)c1nc(Cc2cccs2)sc1C. The molecule has 0 aromatic carbocycles. The number of carbonyl (C=O) groups excluding carboxylic acids is 1. The van der Waals surface area contributed by atoms with Crippen molar-refractivity contribution in [3.63, 3.8) is 0 Å². The molecule has 0 radical (unpaired) electrons. The Morgan fingerprint density at radius 1 is 1.56 bits per heavy atom. The first-order chi connectivity index (χ1) is 7.70. The van der Waals surface area contributed by atoms with Crippen LogP contribution in [0.3, 0.4) is 0 Å². The summed E-state index contributed by atoms with van der Waals surface area (Å²) >= 11 is 3.25. The molecule has 0 amide bonds. The van der Waals surface area contributed by atoms with Gasteiger partial charge in [0.25, 0.3) is 0 Å². The number of nitrogens with zero attached hydrogens (tertiary/aromatic N) is 1. The Kier molecular flexibility index (Phi) is 3.36. The van der Waals surface area contributed by atoms with Crippen molar-refractivity contribution in [2.24, 2.45) is 0 Å². The highest BCUT2D eigenvalue weighted by atomic mass is 32.1. The Morgan fingerprint density at radius 3 is 3.00 bits per heavy atom. The molecule has 16 heavy (non-hydrogen) atoms. The minimum absolute atomic E-state index is 0.355. The molecule has 2 aromatic rings. The van der Waals surface area contributed by atoms with Crippen LogP contribution >= 0.6 is 22.7 Å². The van der Waals surface area contributed by atoms with E-state index in [1.165, 1.54) is 12.0 Å². The minimum atomic E-state index is -0.355. The Labute approximate surface area is 102 Å². The lowest BCUT2D eigenvalue weighted by atomic mass is 10.3. The zero-order valence-electron chi connectivity index (χ0n) is 9.02. The largest absolute Gasteiger partial charge is 0.464 e. The molecule has 0 unspecified atom stereocenters. The van der Waals surface area contributed by atoms with Gasteiger partial charge in [0.1, 0.15) is 0 Å². The topological polar surface area (TPSA) is 39.2 Å². The molecule has 0 bridgehead atoms. The maximum absolute atomic E-state index is 11.4. The Balaban J connectivity index is 2.21. The molecule has 0 spiro atoms. The van der Waals surface area contributed by atoms with Gasteiger partial charge >= 0.3 is 5.97 Å². The Morgan fingerprint density at radius 2 is 2.38 bits per heavy atom. The van der Waals surface area contributed by atoms with E-state index in [-0.39, 0.29) is 5.97 Å². The lowest BCUT2D eigenvalue weighted by molar-refractivity contribution is 0.0594. The van der Waals surface area contributed by atoms with Gasteiger partial charge in [-0.05, 0) is 18.4 Å². The van der Waals surface area contributed by atoms with Gasteiger partial charge in [0, 0.05) is 16.2 Å². The number of carbonyl (C=O) groups is 1. The van der Waals surface area contributed by atoms with Crippen LogP contribution in [-0.4, -0.2) is 18.1 Å². The molecule has 2 aromatic heterocycles. The van der Waals surface area contributed by atoms with E-state index in [4.69, 9.17) is 0 Å². The number of rotatable bonds is 3. The smallest absolute Gasteiger partial charge is 0.357 e. The van der Waals surface area contributed by atoms with Crippen molar-refractivity contribution in [2.75, 3.05) is 7.11 Å². The molecule has 0 fully saturated rings. The molecule has 0 aliphatic rings. The maximum Gasteiger partial charge on any atom is 0.357 e. The van der Waals surface area contributed by atoms with Crippen LogP contribution in [0.15, 0.2) is 17.5 Å². The van der Waals surface area contributed by atoms with Crippen LogP contribution in [0.1, 0.15) is 25.3 Å². The fourth-order valence-electron chi connectivity index (χ4n) is 1.38. The van der Waals surface area contributed by atoms with Gasteiger partial charge in [-0.25, -0.2) is 9.78 Å². The Bertz CT molecular complexity index is 488. The summed E-state index contributed by atoms with van der Waals surface area (Å²) < 4.78 is 4.67. The third kappa shape index (κ3) is 2.31. The average Bonchev–Trinajstić information content (AvgIpc) is 2.88. The van der Waals surface area contributed by atoms with Gasteiger partial charge < -0.3 is 4.74 Å². The van der Waals surface area contributed by atoms with Gasteiger partial charge in [-0.1, -0.05) is 6.07 Å². The van der Waals surface area contributed by atoms with Crippen molar-refractivity contribution in [3.8, 4) is 0 Å². The number of aryl methyl sites for hydroxylation is 1. The second kappa shape index (κ2) is 4.76. The van der Waals surface area contributed by atoms with E-state index in [0.29, 0.717) is 5.69 Å². The van der Waals surface area contributed by atoms with Crippen molar-refractivity contribution in [1.82, 2.24) is 4.98 Å². The second-order valence-corrected chi connectivity index (χ2v) is 5.58. The Hall–Kier alpha value is -1.20. The van der Waals surface area contributed by atoms with Crippen LogP contribution in [0.2, 0.25) is 0 Å². The third-order valence-electron chi connectivity index (χ3n) is 2.13. The number of aromatic nitrogens is 1. The van der Waals surface area contributed by atoms with E-state index >= 15 is 0 Å². The molecule has 0 N–H and O–H groups in total. The van der Waals surface area contributed by atoms with Crippen LogP contribution in [0.5, 0.6) is 0 Å². The molecule has 0 atom stereocenters. The van der Waals surface area contributed by atoms with Crippen LogP contribution in [-0.2, 0) is 11.2 Å². The molecular weight excluding hydrogens is 242 g/mol. The number of esters is 1. The molecule has 3 nitrogen and oxygen atoms in total. The molecule has 2 rings (SSSR count). The van der Waals surface area contributed by atoms with Gasteiger partial charge in [0.15, 0.2) is 5.69 Å². The number of hydrogen-bond acceptors (Lipinski definition) is 5. The van der Waals surface area contributed by atoms with Crippen molar-refractivity contribution in [1.29, 1.82) is 0 Å². The molecule has 5 heteroatoms. The van der Waals surface area contributed by atoms with E-state index in [1.807, 2.05) is 18.4 Å². The molecule has 2 heterocycles. The lowest BCUT2D eigenvalue weighted by Gasteiger charge is -1.93. The lowest BCUT2D eigenvalue weighted by Crippen LogP contribution is -2.03. The highest BCUT2D eigenvalue weighted by Crippen LogP contribution is 2.22. The standard InChI is InChI=1S/C11H11NO2S2/c1-7-10(11(13)14-2)12-9(16-7)6-8-4-3-5-15-8/h3-5H,6H2,1-2H3. The first-order valence-electron chi connectivity index (χ1n) is 4.77. The molecule has 0 aliphatic carbocycles. The van der Waals surface area contributed by atoms with Crippen molar-refractivity contribution >= 4 is 28.6 Å². The number of methoxy groups -OCH3 is 1. The summed E-state index contributed by atoms with van der Waals surface area (Å²) in [4.78, 5) is 17.9. The van der Waals surface area contributed by atoms with Crippen molar-refractivity contribution < 1.29 is 9.53 Å². The molecule has 0 saturated carbocycles. The van der Waals surface area contributed by atoms with Crippen molar-refractivity contribution in [2.45, 2.75) is 13.3 Å². The third-order valence-corrected chi connectivity index (χ3v) is 3.97. The van der Waals surface area contributed by atoms with Crippen molar-refractivity contribution in [3.05, 3.63) is 38.0 Å². The summed E-state index contributed by atoms with van der Waals surface area (Å²) in [5.41, 5.74) is 0.444. The molecule has 84 valence electrons. The van der Waals surface area contributed by atoms with Crippen LogP contribution in [0.25, 0.3) is 0 Å². The summed E-state index contributed by atoms with van der Waals surface area (Å²) in [5, 5.41) is 3.00. The quantitative estimate of drug-likeness (QED) is 0.790. The second-order valence-electron chi connectivity index (χ2n) is 3.26. The average molecular weight is 253 g/mol. The van der Waals surface area contributed by atoms with E-state index in [9.17, 15) is 4.79 Å². The zero-order valence-corrected chi connectivity index (χ0v) is 10.7. The number of thiophene rings is 1. The minimum Gasteiger partial charge on any atom is -0.464 e. The normalized spacial score (nSPS) is 10.4. The van der Waals surface area contributed by atoms with E-state index < -0.39 is 0 Å². The summed E-state index contributed by atoms with van der Waals surface area (Å²) in [6.45, 7) is 1.89. The summed E-state index contributed by atoms with van der Waals surface area (Å²) in [5.74, 6) is -0.355. The summed E-state index contributed by atoms with van der Waals surface area (Å²) in [6, 6.07) is 4.08. The first kappa shape index (κ1) is 11.3. The summed E-state index contributed by atoms with van der Waals surface area (Å²) in [7, 11) is 1.38.